The number of carbonyl (C=O) groups is 1. The quantitative estimate of drug-likeness (QED) is 0.519. The molecule has 3 aromatic rings. The highest BCUT2D eigenvalue weighted by Crippen LogP contribution is 2.41. The van der Waals surface area contributed by atoms with Gasteiger partial charge in [-0.05, 0) is 61.7 Å². The summed E-state index contributed by atoms with van der Waals surface area (Å²) in [5.74, 6) is 0.0813. The van der Waals surface area contributed by atoms with E-state index in [9.17, 15) is 4.79 Å². The molecule has 2 aliphatic heterocycles. The second-order valence-corrected chi connectivity index (χ2v) is 8.81. The zero-order chi connectivity index (χ0) is 20.0. The Bertz CT molecular complexity index is 1170. The Labute approximate surface area is 175 Å². The predicted octanol–water partition coefficient (Wildman–Crippen LogP) is 5.80. The van der Waals surface area contributed by atoms with Gasteiger partial charge in [-0.1, -0.05) is 47.7 Å². The Morgan fingerprint density at radius 2 is 1.76 bits per heavy atom. The van der Waals surface area contributed by atoms with E-state index in [1.165, 1.54) is 27.1 Å². The first-order valence-electron chi connectivity index (χ1n) is 9.93. The third kappa shape index (κ3) is 3.38. The molecule has 4 heteroatoms. The van der Waals surface area contributed by atoms with Crippen LogP contribution in [0.1, 0.15) is 39.5 Å². The smallest absolute Gasteiger partial charge is 0.254 e. The number of amides is 1. The van der Waals surface area contributed by atoms with Crippen molar-refractivity contribution in [3.8, 4) is 0 Å². The fourth-order valence-electron chi connectivity index (χ4n) is 4.05. The van der Waals surface area contributed by atoms with Crippen LogP contribution in [0, 0.1) is 6.92 Å². The Balaban J connectivity index is 1.46. The molecule has 5 rings (SSSR count). The first-order chi connectivity index (χ1) is 14.1. The maximum absolute atomic E-state index is 13.2. The van der Waals surface area contributed by atoms with Crippen LogP contribution in [0.4, 0.5) is 5.69 Å². The van der Waals surface area contributed by atoms with Crippen LogP contribution in [-0.4, -0.2) is 23.1 Å². The average Bonchev–Trinajstić information content (AvgIpc) is 2.88. The van der Waals surface area contributed by atoms with E-state index in [-0.39, 0.29) is 5.91 Å². The summed E-state index contributed by atoms with van der Waals surface area (Å²) in [7, 11) is 0. The van der Waals surface area contributed by atoms with Gasteiger partial charge in [0.25, 0.3) is 5.91 Å². The molecule has 0 unspecified atom stereocenters. The van der Waals surface area contributed by atoms with Crippen molar-refractivity contribution in [1.82, 2.24) is 4.90 Å². The molecule has 0 saturated heterocycles. The Hall–Kier alpha value is -2.85. The molecule has 0 spiro atoms. The second kappa shape index (κ2) is 7.20. The highest BCUT2D eigenvalue weighted by Gasteiger charge is 2.23. The molecule has 0 saturated carbocycles. The van der Waals surface area contributed by atoms with Crippen LogP contribution in [-0.2, 0) is 13.0 Å². The zero-order valence-corrected chi connectivity index (χ0v) is 17.4. The van der Waals surface area contributed by atoms with Crippen molar-refractivity contribution in [2.75, 3.05) is 6.54 Å². The topological polar surface area (TPSA) is 32.7 Å². The van der Waals surface area contributed by atoms with Gasteiger partial charge in [-0.3, -0.25) is 9.79 Å². The lowest BCUT2D eigenvalue weighted by Gasteiger charge is -2.29. The summed E-state index contributed by atoms with van der Waals surface area (Å²) in [4.78, 5) is 22.3. The van der Waals surface area contributed by atoms with Crippen molar-refractivity contribution in [2.45, 2.75) is 36.6 Å². The van der Waals surface area contributed by atoms with E-state index < -0.39 is 0 Å². The molecule has 144 valence electrons. The first-order valence-corrected chi connectivity index (χ1v) is 10.7. The van der Waals surface area contributed by atoms with Crippen molar-refractivity contribution in [3.63, 3.8) is 0 Å². The summed E-state index contributed by atoms with van der Waals surface area (Å²) in [5.41, 5.74) is 7.58. The normalized spacial score (nSPS) is 15.0. The van der Waals surface area contributed by atoms with Gasteiger partial charge in [-0.2, -0.15) is 0 Å². The van der Waals surface area contributed by atoms with Gasteiger partial charge < -0.3 is 4.90 Å². The van der Waals surface area contributed by atoms with Crippen LogP contribution in [0.15, 0.2) is 75.4 Å². The standard InChI is InChI=1S/C25H22N2OS/c1-16-7-9-23-21(13-16)17(2)26-22-14-19(8-10-24(22)29-23)25(28)27-12-11-18-5-3-4-6-20(18)15-27/h3-10,13-14H,11-12,15H2,1-2H3. The van der Waals surface area contributed by atoms with E-state index in [0.717, 1.165) is 29.3 Å². The summed E-state index contributed by atoms with van der Waals surface area (Å²) in [6.07, 6.45) is 0.911. The van der Waals surface area contributed by atoms with Gasteiger partial charge in [0.2, 0.25) is 0 Å². The van der Waals surface area contributed by atoms with Gasteiger partial charge in [0.1, 0.15) is 0 Å². The van der Waals surface area contributed by atoms with Gasteiger partial charge in [-0.25, -0.2) is 0 Å². The van der Waals surface area contributed by atoms with Crippen LogP contribution >= 0.6 is 11.8 Å². The minimum Gasteiger partial charge on any atom is -0.334 e. The average molecular weight is 399 g/mol. The van der Waals surface area contributed by atoms with Crippen LogP contribution in [0.5, 0.6) is 0 Å². The van der Waals surface area contributed by atoms with Crippen LogP contribution in [0.2, 0.25) is 0 Å². The maximum Gasteiger partial charge on any atom is 0.254 e. The summed E-state index contributed by atoms with van der Waals surface area (Å²) in [6.45, 7) is 5.58. The van der Waals surface area contributed by atoms with Gasteiger partial charge in [0.05, 0.1) is 5.69 Å². The minimum atomic E-state index is 0.0813. The zero-order valence-electron chi connectivity index (χ0n) is 16.6. The van der Waals surface area contributed by atoms with Gasteiger partial charge in [0, 0.05) is 39.7 Å². The lowest BCUT2D eigenvalue weighted by atomic mass is 9.99. The maximum atomic E-state index is 13.2. The molecule has 0 fully saturated rings. The number of hydrogen-bond donors (Lipinski definition) is 0. The van der Waals surface area contributed by atoms with Crippen LogP contribution < -0.4 is 0 Å². The summed E-state index contributed by atoms with van der Waals surface area (Å²) in [6, 6.07) is 20.8. The highest BCUT2D eigenvalue weighted by molar-refractivity contribution is 7.99. The fourth-order valence-corrected chi connectivity index (χ4v) is 5.09. The summed E-state index contributed by atoms with van der Waals surface area (Å²) in [5, 5.41) is 0. The molecule has 1 amide bonds. The lowest BCUT2D eigenvalue weighted by Crippen LogP contribution is -2.35. The molecule has 2 aliphatic rings. The Morgan fingerprint density at radius 1 is 0.966 bits per heavy atom. The molecule has 0 bridgehead atoms. The first kappa shape index (κ1) is 18.2. The number of hydrogen-bond acceptors (Lipinski definition) is 3. The monoisotopic (exact) mass is 398 g/mol. The van der Waals surface area contributed by atoms with E-state index in [2.05, 4.69) is 43.3 Å². The summed E-state index contributed by atoms with van der Waals surface area (Å²) >= 11 is 1.72. The fraction of sp³-hybridized carbons (Fsp3) is 0.200. The third-order valence-electron chi connectivity index (χ3n) is 5.66. The molecule has 0 aromatic heterocycles. The number of rotatable bonds is 1. The molecule has 3 aromatic carbocycles. The van der Waals surface area contributed by atoms with E-state index in [0.29, 0.717) is 12.1 Å². The number of carbonyl (C=O) groups excluding carboxylic acids is 1. The number of nitrogens with zero attached hydrogens (tertiary/aromatic N) is 2. The van der Waals surface area contributed by atoms with E-state index in [1.807, 2.05) is 36.1 Å². The minimum absolute atomic E-state index is 0.0813. The third-order valence-corrected chi connectivity index (χ3v) is 6.80. The summed E-state index contributed by atoms with van der Waals surface area (Å²) < 4.78 is 0. The van der Waals surface area contributed by atoms with E-state index in [4.69, 9.17) is 4.99 Å². The molecular weight excluding hydrogens is 376 g/mol. The van der Waals surface area contributed by atoms with Crippen molar-refractivity contribution >= 4 is 29.1 Å². The predicted molar refractivity (Wildman–Crippen MR) is 119 cm³/mol. The second-order valence-electron chi connectivity index (χ2n) is 7.73. The molecule has 0 N–H and O–H groups in total. The Kier molecular flexibility index (Phi) is 4.51. The van der Waals surface area contributed by atoms with Crippen LogP contribution in [0.3, 0.4) is 0 Å². The molecular formula is C25H22N2OS. The Morgan fingerprint density at radius 3 is 2.62 bits per heavy atom. The largest absolute Gasteiger partial charge is 0.334 e. The lowest BCUT2D eigenvalue weighted by molar-refractivity contribution is 0.0734. The van der Waals surface area contributed by atoms with E-state index in [1.54, 1.807) is 11.8 Å². The van der Waals surface area contributed by atoms with Crippen molar-refractivity contribution < 1.29 is 4.79 Å². The number of benzene rings is 3. The van der Waals surface area contributed by atoms with Crippen molar-refractivity contribution in [1.29, 1.82) is 0 Å². The highest BCUT2D eigenvalue weighted by atomic mass is 32.2. The molecule has 29 heavy (non-hydrogen) atoms. The molecule has 0 aliphatic carbocycles. The van der Waals surface area contributed by atoms with E-state index >= 15 is 0 Å². The number of aryl methyl sites for hydroxylation is 1. The molecule has 2 heterocycles. The van der Waals surface area contributed by atoms with Gasteiger partial charge in [0.15, 0.2) is 0 Å². The SMILES string of the molecule is CC1=Nc2cc(C(=O)N3CCc4ccccc4C3)ccc2Sc2ccc(C)cc21. The molecule has 0 atom stereocenters. The number of fused-ring (bicyclic) bond motifs is 3. The van der Waals surface area contributed by atoms with Gasteiger partial charge in [-0.15, -0.1) is 0 Å². The van der Waals surface area contributed by atoms with Crippen molar-refractivity contribution in [3.05, 3.63) is 88.5 Å². The van der Waals surface area contributed by atoms with Crippen LogP contribution in [0.25, 0.3) is 0 Å². The molecule has 0 radical (unpaired) electrons. The number of aliphatic imine (C=N–C) groups is 1. The molecule has 3 nitrogen and oxygen atoms in total. The van der Waals surface area contributed by atoms with Gasteiger partial charge >= 0.3 is 0 Å². The van der Waals surface area contributed by atoms with Crippen molar-refractivity contribution in [2.24, 2.45) is 4.99 Å².